The van der Waals surface area contributed by atoms with E-state index in [4.69, 9.17) is 0 Å². The quantitative estimate of drug-likeness (QED) is 0.504. The molecule has 60 valence electrons. The van der Waals surface area contributed by atoms with Gasteiger partial charge in [-0.1, -0.05) is 6.92 Å². The van der Waals surface area contributed by atoms with E-state index in [1.54, 1.807) is 0 Å². The summed E-state index contributed by atoms with van der Waals surface area (Å²) in [7, 11) is 4.77. The smallest absolute Gasteiger partial charge is 0.337 e. The molecule has 0 aliphatic carbocycles. The second-order valence-electron chi connectivity index (χ2n) is 3.92. The molecule has 1 saturated heterocycles. The minimum atomic E-state index is 0.0450. The lowest BCUT2D eigenvalue weighted by Crippen LogP contribution is -2.42. The Morgan fingerprint density at radius 3 is 2.60 bits per heavy atom. The van der Waals surface area contributed by atoms with Crippen LogP contribution in [0.2, 0.25) is 0 Å². The van der Waals surface area contributed by atoms with Crippen molar-refractivity contribution in [2.75, 3.05) is 33.7 Å². The molecule has 0 N–H and O–H groups in total. The molecule has 10 heavy (non-hydrogen) atoms. The van der Waals surface area contributed by atoms with Gasteiger partial charge < -0.3 is 4.15 Å². The SMILES string of the molecule is CCCN1CC[N+](C)(C)[SiH2]1. The van der Waals surface area contributed by atoms with Crippen LogP contribution >= 0.6 is 0 Å². The van der Waals surface area contributed by atoms with E-state index in [0.29, 0.717) is 0 Å². The van der Waals surface area contributed by atoms with E-state index in [1.165, 1.54) is 30.2 Å². The molecule has 0 unspecified atom stereocenters. The Labute approximate surface area is 66.4 Å². The zero-order valence-corrected chi connectivity index (χ0v) is 8.84. The van der Waals surface area contributed by atoms with Gasteiger partial charge in [0.25, 0.3) is 0 Å². The van der Waals surface area contributed by atoms with E-state index in [2.05, 4.69) is 25.6 Å². The molecule has 1 rings (SSSR count). The molecule has 0 aromatic heterocycles. The molecular weight excluding hydrogens is 140 g/mol. The summed E-state index contributed by atoms with van der Waals surface area (Å²) in [6.45, 7) is 6.35. The highest BCUT2D eigenvalue weighted by molar-refractivity contribution is 6.23. The summed E-state index contributed by atoms with van der Waals surface area (Å²) in [6, 6.07) is 0. The van der Waals surface area contributed by atoms with Gasteiger partial charge in [-0.25, -0.2) is 0 Å². The van der Waals surface area contributed by atoms with E-state index < -0.39 is 0 Å². The maximum absolute atomic E-state index is 2.68. The van der Waals surface area contributed by atoms with Crippen molar-refractivity contribution in [1.29, 1.82) is 0 Å². The van der Waals surface area contributed by atoms with Crippen molar-refractivity contribution in [2.45, 2.75) is 13.3 Å². The Hall–Kier alpha value is 0.137. The molecule has 0 saturated carbocycles. The third kappa shape index (κ3) is 2.07. The molecule has 3 heteroatoms. The number of rotatable bonds is 2. The maximum atomic E-state index is 2.68. The molecule has 0 aromatic carbocycles. The fourth-order valence-electron chi connectivity index (χ4n) is 1.59. The maximum Gasteiger partial charge on any atom is 0.337 e. The summed E-state index contributed by atoms with van der Waals surface area (Å²) in [5.41, 5.74) is 0. The van der Waals surface area contributed by atoms with Crippen LogP contribution in [0.15, 0.2) is 0 Å². The highest BCUT2D eigenvalue weighted by Gasteiger charge is 2.28. The Kier molecular flexibility index (Phi) is 2.49. The molecule has 0 aromatic rings. The highest BCUT2D eigenvalue weighted by Crippen LogP contribution is 2.06. The van der Waals surface area contributed by atoms with Crippen LogP contribution in [-0.4, -0.2) is 52.3 Å². The summed E-state index contributed by atoms with van der Waals surface area (Å²) in [6.07, 6.45) is 1.33. The Bertz CT molecular complexity index is 114. The van der Waals surface area contributed by atoms with Gasteiger partial charge in [-0.3, -0.25) is 4.57 Å². The first-order valence-corrected chi connectivity index (χ1v) is 5.45. The second-order valence-corrected chi connectivity index (χ2v) is 6.81. The Balaban J connectivity index is 2.29. The molecule has 0 amide bonds. The normalized spacial score (nSPS) is 27.9. The molecule has 0 bridgehead atoms. The van der Waals surface area contributed by atoms with Gasteiger partial charge in [-0.15, -0.1) is 0 Å². The van der Waals surface area contributed by atoms with Crippen LogP contribution in [0.3, 0.4) is 0 Å². The van der Waals surface area contributed by atoms with Crippen LogP contribution in [0.4, 0.5) is 0 Å². The van der Waals surface area contributed by atoms with Crippen molar-refractivity contribution in [3.63, 3.8) is 0 Å². The van der Waals surface area contributed by atoms with E-state index in [9.17, 15) is 0 Å². The van der Waals surface area contributed by atoms with Crippen LogP contribution in [-0.2, 0) is 0 Å². The van der Waals surface area contributed by atoms with Crippen LogP contribution in [0.25, 0.3) is 0 Å². The molecule has 2 nitrogen and oxygen atoms in total. The molecular formula is C7H19N2Si+. The van der Waals surface area contributed by atoms with Gasteiger partial charge in [-0.05, 0) is 13.0 Å². The molecule has 0 spiro atoms. The summed E-state index contributed by atoms with van der Waals surface area (Å²) in [5.74, 6) is 0. The van der Waals surface area contributed by atoms with E-state index in [1.807, 2.05) is 0 Å². The third-order valence-corrected chi connectivity index (χ3v) is 4.26. The van der Waals surface area contributed by atoms with Crippen LogP contribution in [0.1, 0.15) is 13.3 Å². The van der Waals surface area contributed by atoms with Crippen molar-refractivity contribution in [1.82, 2.24) is 4.57 Å². The lowest BCUT2D eigenvalue weighted by molar-refractivity contribution is -0.771. The van der Waals surface area contributed by atoms with Crippen molar-refractivity contribution in [3.05, 3.63) is 0 Å². The minimum Gasteiger partial charge on any atom is -0.380 e. The molecule has 1 aliphatic rings. The topological polar surface area (TPSA) is 3.24 Å². The van der Waals surface area contributed by atoms with Gasteiger partial charge in [0.2, 0.25) is 0 Å². The average molecular weight is 159 g/mol. The third-order valence-electron chi connectivity index (χ3n) is 2.14. The fourth-order valence-corrected chi connectivity index (χ4v) is 3.70. The number of quaternary nitrogens is 1. The number of likely N-dealkylation sites (N-methyl/N-ethyl adjacent to an activating group) is 1. The molecule has 1 fully saturated rings. The van der Waals surface area contributed by atoms with Gasteiger partial charge in [0, 0.05) is 6.54 Å². The van der Waals surface area contributed by atoms with E-state index in [-0.39, 0.29) is 9.84 Å². The highest BCUT2D eigenvalue weighted by atomic mass is 28.2. The lowest BCUT2D eigenvalue weighted by atomic mass is 10.4. The first kappa shape index (κ1) is 8.24. The average Bonchev–Trinajstić information content (AvgIpc) is 2.12. The van der Waals surface area contributed by atoms with Gasteiger partial charge >= 0.3 is 9.84 Å². The number of nitrogens with zero attached hydrogens (tertiary/aromatic N) is 2. The van der Waals surface area contributed by atoms with Crippen molar-refractivity contribution >= 4 is 9.84 Å². The fraction of sp³-hybridized carbons (Fsp3) is 1.00. The molecule has 0 atom stereocenters. The summed E-state index contributed by atoms with van der Waals surface area (Å²) >= 11 is 0. The largest absolute Gasteiger partial charge is 0.380 e. The van der Waals surface area contributed by atoms with E-state index >= 15 is 0 Å². The van der Waals surface area contributed by atoms with Crippen LogP contribution in [0, 0.1) is 0 Å². The first-order valence-electron chi connectivity index (χ1n) is 4.18. The van der Waals surface area contributed by atoms with Crippen LogP contribution in [0.5, 0.6) is 0 Å². The lowest BCUT2D eigenvalue weighted by Gasteiger charge is -2.23. The molecule has 1 aliphatic heterocycles. The Morgan fingerprint density at radius 2 is 2.20 bits per heavy atom. The zero-order chi connectivity index (χ0) is 7.61. The van der Waals surface area contributed by atoms with Gasteiger partial charge in [0.05, 0.1) is 20.6 Å². The zero-order valence-electron chi connectivity index (χ0n) is 7.43. The summed E-state index contributed by atoms with van der Waals surface area (Å²) < 4.78 is 4.00. The summed E-state index contributed by atoms with van der Waals surface area (Å²) in [4.78, 5) is 0. The number of hydrogen-bond acceptors (Lipinski definition) is 1. The van der Waals surface area contributed by atoms with E-state index in [0.717, 1.165) is 0 Å². The van der Waals surface area contributed by atoms with Gasteiger partial charge in [0.15, 0.2) is 0 Å². The standard InChI is InChI=1S/C7H19N2Si/c1-4-5-8-6-7-9(2,3)10-8/h4-7,10H2,1-3H3/q+1. The second kappa shape index (κ2) is 3.03. The monoisotopic (exact) mass is 159 g/mol. The van der Waals surface area contributed by atoms with Crippen molar-refractivity contribution in [3.8, 4) is 0 Å². The van der Waals surface area contributed by atoms with Crippen molar-refractivity contribution in [2.24, 2.45) is 0 Å². The molecule has 1 heterocycles. The Morgan fingerprint density at radius 1 is 1.50 bits per heavy atom. The minimum absolute atomic E-state index is 0.0450. The first-order chi connectivity index (χ1) is 4.64. The summed E-state index contributed by atoms with van der Waals surface area (Å²) in [5, 5.41) is 0. The number of hydrogen-bond donors (Lipinski definition) is 0. The predicted molar refractivity (Wildman–Crippen MR) is 47.4 cm³/mol. The predicted octanol–water partition coefficient (Wildman–Crippen LogP) is -0.213. The van der Waals surface area contributed by atoms with Crippen molar-refractivity contribution < 1.29 is 4.15 Å². The van der Waals surface area contributed by atoms with Gasteiger partial charge in [-0.2, -0.15) is 0 Å². The molecule has 0 radical (unpaired) electrons. The van der Waals surface area contributed by atoms with Crippen LogP contribution < -0.4 is 0 Å². The van der Waals surface area contributed by atoms with Gasteiger partial charge in [0.1, 0.15) is 0 Å².